The van der Waals surface area contributed by atoms with E-state index >= 15 is 0 Å². The third kappa shape index (κ3) is 41.1. The normalized spacial score (nSPS) is 19.8. The molecule has 9 aromatic rings. The molecule has 2 saturated heterocycles. The number of piperidine rings is 2. The van der Waals surface area contributed by atoms with Crippen molar-refractivity contribution in [1.29, 1.82) is 0 Å². The summed E-state index contributed by atoms with van der Waals surface area (Å²) < 4.78 is 33.2. The number of nitrogens with two attached hydrogens (primary N) is 1. The zero-order chi connectivity index (χ0) is 103. The van der Waals surface area contributed by atoms with Crippen LogP contribution in [0.5, 0.6) is 34.5 Å². The van der Waals surface area contributed by atoms with Crippen LogP contribution in [0.25, 0.3) is 0 Å². The van der Waals surface area contributed by atoms with Crippen LogP contribution < -0.4 is 130 Å². The van der Waals surface area contributed by atoms with Crippen LogP contribution in [-0.4, -0.2) is 169 Å². The van der Waals surface area contributed by atoms with Gasteiger partial charge < -0.3 is 86.3 Å². The summed E-state index contributed by atoms with van der Waals surface area (Å²) >= 11 is 49.7. The molecule has 7 aliphatic heterocycles. The molecule has 9 aromatic carbocycles. The third-order valence-corrected chi connectivity index (χ3v) is 31.0. The number of phenolic OH excluding ortho intramolecular Hbond substituents is 2. The van der Waals surface area contributed by atoms with Gasteiger partial charge in [-0.15, -0.1) is 0 Å². The first-order chi connectivity index (χ1) is 68.6. The average Bonchev–Trinajstić information content (AvgIpc) is 1.61. The number of aromatic hydroxyl groups is 2. The molecule has 6 atom stereocenters. The molecule has 21 nitrogen and oxygen atoms in total. The molecular weight excluding hydrogens is 2400 g/mol. The Morgan fingerprint density at radius 1 is 0.507 bits per heavy atom. The van der Waals surface area contributed by atoms with Gasteiger partial charge in [-0.2, -0.15) is 0 Å². The van der Waals surface area contributed by atoms with Gasteiger partial charge in [0.15, 0.2) is 5.56 Å². The maximum atomic E-state index is 10.8. The molecule has 3 radical (unpaired) electrons. The summed E-state index contributed by atoms with van der Waals surface area (Å²) in [4.78, 5) is 67.5. The molecule has 5 aliphatic carbocycles. The van der Waals surface area contributed by atoms with Gasteiger partial charge in [0.1, 0.15) is 46.9 Å². The number of carbonyl (C=O) groups is 5. The summed E-state index contributed by atoms with van der Waals surface area (Å²) in [7, 11) is 4.32. The first-order valence-corrected chi connectivity index (χ1v) is 53.9. The Balaban J connectivity index is 0.000000202. The molecule has 7 fully saturated rings. The van der Waals surface area contributed by atoms with Crippen LogP contribution >= 0.6 is 138 Å². The van der Waals surface area contributed by atoms with E-state index < -0.39 is 28.9 Å². The van der Waals surface area contributed by atoms with Crippen molar-refractivity contribution < 1.29 is 182 Å². The number of ether oxygens (including phenoxy) is 5. The van der Waals surface area contributed by atoms with Crippen LogP contribution in [0.4, 0.5) is 10.5 Å². The fourth-order valence-electron chi connectivity index (χ4n) is 20.2. The number of carbonyl (C=O) groups excluding carboxylic acids is 5. The molecule has 5 N–H and O–H groups in total. The van der Waals surface area contributed by atoms with E-state index in [0.717, 1.165) is 199 Å². The van der Waals surface area contributed by atoms with Crippen molar-refractivity contribution in [3.05, 3.63) is 294 Å². The summed E-state index contributed by atoms with van der Waals surface area (Å²) in [5.41, 5.74) is 15.5. The summed E-state index contributed by atoms with van der Waals surface area (Å²) in [5.74, 6) is 6.54. The number of aliphatic hydroxyl groups excluding tert-OH is 1. The van der Waals surface area contributed by atoms with Crippen LogP contribution in [-0.2, 0) is 74.2 Å². The Bertz CT molecular complexity index is 5620. The second kappa shape index (κ2) is 64.8. The summed E-state index contributed by atoms with van der Waals surface area (Å²) in [6, 6.07) is 66.2. The van der Waals surface area contributed by atoms with Gasteiger partial charge in [0.2, 0.25) is 5.97 Å². The van der Waals surface area contributed by atoms with E-state index in [4.69, 9.17) is 133 Å². The van der Waals surface area contributed by atoms with Crippen molar-refractivity contribution in [1.82, 2.24) is 19.6 Å². The Morgan fingerprint density at radius 2 is 0.925 bits per heavy atom. The largest absolute Gasteiger partial charge is 1.00 e. The molecule has 12 aliphatic rings. The number of phenols is 2. The van der Waals surface area contributed by atoms with Crippen molar-refractivity contribution in [3.8, 4) is 34.5 Å². The van der Waals surface area contributed by atoms with Crippen molar-refractivity contribution in [3.63, 3.8) is 0 Å². The zero-order valence-electron chi connectivity index (χ0n) is 83.7. The molecule has 3 spiro atoms. The molecule has 0 amide bonds. The maximum absolute atomic E-state index is 10.8. The van der Waals surface area contributed by atoms with Crippen molar-refractivity contribution in [2.45, 2.75) is 197 Å². The molecule has 21 rings (SSSR count). The minimum Gasteiger partial charge on any atom is -1.00 e. The van der Waals surface area contributed by atoms with Gasteiger partial charge in [-0.3, -0.25) is 24.3 Å². The van der Waals surface area contributed by atoms with E-state index in [1.54, 1.807) is 24.3 Å². The second-order valence-corrected chi connectivity index (χ2v) is 43.8. The fraction of sp³-hybridized carbons (Fsp3) is 0.432. The number of likely N-dealkylation sites (tertiary alicyclic amines) is 2. The molecule has 775 valence electrons. The predicted molar refractivity (Wildman–Crippen MR) is 588 cm³/mol. The molecule has 35 heteroatoms. The van der Waals surface area contributed by atoms with Crippen LogP contribution in [0, 0.1) is 30.8 Å². The molecular formula is C111H128BCl8I3KN5NaO16. The van der Waals surface area contributed by atoms with E-state index in [1.807, 2.05) is 77.2 Å². The number of anilines is 1. The minimum atomic E-state index is -0.873. The Labute approximate surface area is 1010 Å². The molecule has 0 aromatic heterocycles. The number of Topliss-reactive ketones (excluding diaryl/α,β-unsaturated/α-hetero) is 1. The summed E-state index contributed by atoms with van der Waals surface area (Å²) in [5, 5.41) is 31.2. The number of benzene rings is 9. The number of aliphatic hydroxyl groups is 1. The molecule has 1 unspecified atom stereocenters. The number of hydrogen-bond donors (Lipinski definition) is 4. The zero-order valence-corrected chi connectivity index (χ0v) is 101. The Hall–Kier alpha value is -4.38. The van der Waals surface area contributed by atoms with Gasteiger partial charge in [-0.25, -0.2) is 24.2 Å². The molecule has 4 bridgehead atoms. The fourth-order valence-corrected chi connectivity index (χ4v) is 23.0. The number of ketones is 1. The van der Waals surface area contributed by atoms with E-state index in [2.05, 4.69) is 191 Å². The van der Waals surface area contributed by atoms with Crippen LogP contribution in [0.3, 0.4) is 0 Å². The number of nitrogens with zero attached hydrogens (tertiary/aromatic N) is 4. The SMILES string of the molecule is CC(=O)OOC(C)=O.CC(Cl)OC(=O)Cl.Clc1ccc(OCC2=CCN(Cc3ccccc3)CC2)c(I)c1.Clc1ccc2c(c1)C1(CCCCC1)CO2.Clc1ccc2c(c1)C1(CCN(Cc3ccccc3)CC1)CO2.Clc1ccc2c(c1)C1(CCN([C@@H]3C[C@@H]4CC[C@H]3C4)CC1)CO2.Nc1cc(Cl)ccc1O.O=C1C[C@@H]2CC[C@H]1C2.OCC1=CCN(Cc2ccccc2)CC1.Oc1ccc(Cl)cc1I.[B-]OC(C)=O.[I-].[K+].[Na+]. The Kier molecular flexibility index (Phi) is 56.3. The monoisotopic (exact) mass is 2520 g/mol. The van der Waals surface area contributed by atoms with Gasteiger partial charge in [0.25, 0.3) is 0 Å². The number of nitrogen functional groups attached to an aromatic ring is 1. The standard InChI is InChI=1S/C19H19ClINO.C19H24ClNO.C19H20ClNO.C13H15ClO.C13H17NO.C7H10O.C6H4ClIO.C6H6ClNO.C4H6O4.C3H4Cl2O2.C2H3BO2.HI.K.Na/c20-17-6-7-19(18(21)12-17)23-14-16-8-10-22(11-9-16)13-15-4-2-1-3-5-15;20-15-3-4-18-16(11-15)19(12-22-18)5-7-21(8-6-19)17-10-13-1-2-14(17)9-13;20-16-6-7-18-17(12-16)19(14-22-18)8-10-21(11-9-19)13-15-4-2-1-3-5-15;14-10-4-5-12-11(8-10)13(9-15-12)6-2-1-3-7-13;15-11-13-6-8-14(9-7-13)10-12-4-2-1-3-5-12;8-7-4-5-1-2-6(7)3-5;2*7-4-1-2-6(9)5(8)3-4;1-3(5)7-8-4(2)6;1-2(4)7-3(5)6;1-2(4)5-3;;;/h1-8,12H,9-11,13-14H2;3-4,11,13-14,17H,1-2,5-10,12H2;1-7,12H,8-11,13-14H2;4-5,8H,1-3,6-7,9H2;1-6,15H,7-11H2;5-6H,1-4H2;1-3,9H;1-3,9H,8H2;1-2H3;2H,1H3;1H3;1H;;/q;;;;;;;;;;-1;;2*+1/p-1/t;13-,14+,17-;;;;5-,6+;;;;;;;;/m.1...1......../s1. The molecule has 5 saturated carbocycles. The van der Waals surface area contributed by atoms with Crippen molar-refractivity contribution in [2.75, 3.05) is 91.1 Å². The Morgan fingerprint density at radius 3 is 1.27 bits per heavy atom. The number of hydrogen-bond acceptors (Lipinski definition) is 21. The number of halogens is 11. The van der Waals surface area contributed by atoms with Gasteiger partial charge >= 0.3 is 98.3 Å². The van der Waals surface area contributed by atoms with Crippen molar-refractivity contribution >= 4 is 181 Å². The van der Waals surface area contributed by atoms with Gasteiger partial charge in [-0.1, -0.05) is 210 Å². The minimum absolute atomic E-state index is 0. The van der Waals surface area contributed by atoms with E-state index in [-0.39, 0.29) is 134 Å². The second-order valence-electron chi connectivity index (χ2n) is 37.9. The van der Waals surface area contributed by atoms with E-state index in [9.17, 15) is 24.0 Å². The quantitative estimate of drug-likeness (QED) is 0.0102. The first kappa shape index (κ1) is 127. The first-order valence-electron chi connectivity index (χ1n) is 48.7. The number of alkyl halides is 1. The van der Waals surface area contributed by atoms with Gasteiger partial charge in [0, 0.05) is 160 Å². The van der Waals surface area contributed by atoms with Crippen LogP contribution in [0.2, 0.25) is 30.1 Å². The summed E-state index contributed by atoms with van der Waals surface area (Å²) in [6.07, 6.45) is 28.4. The van der Waals surface area contributed by atoms with Crippen LogP contribution in [0.1, 0.15) is 183 Å². The maximum Gasteiger partial charge on any atom is 1.00 e. The molecule has 7 heterocycles. The van der Waals surface area contributed by atoms with Crippen LogP contribution in [0.15, 0.2) is 223 Å². The average molecular weight is 2530 g/mol. The number of rotatable bonds is 12. The predicted octanol–water partition coefficient (Wildman–Crippen LogP) is 17.7. The van der Waals surface area contributed by atoms with Gasteiger partial charge in [0.05, 0.1) is 39.3 Å². The molecule has 146 heavy (non-hydrogen) atoms. The van der Waals surface area contributed by atoms with Crippen molar-refractivity contribution in [2.24, 2.45) is 23.7 Å². The topological polar surface area (TPSA) is 259 Å². The van der Waals surface area contributed by atoms with E-state index in [0.29, 0.717) is 39.5 Å². The van der Waals surface area contributed by atoms with Gasteiger partial charge in [-0.05, 0) is 323 Å². The number of fused-ring (bicyclic) bond motifs is 10. The van der Waals surface area contributed by atoms with E-state index in [1.165, 1.54) is 173 Å². The smallest absolute Gasteiger partial charge is 1.00 e. The summed E-state index contributed by atoms with van der Waals surface area (Å²) in [6.45, 7) is 20.3. The third-order valence-electron chi connectivity index (χ3n) is 27.7.